The van der Waals surface area contributed by atoms with Gasteiger partial charge in [-0.15, -0.1) is 11.3 Å². The molecule has 2 heterocycles. The number of nitrogens with zero attached hydrogens (tertiary/aromatic N) is 4. The van der Waals surface area contributed by atoms with E-state index in [0.717, 1.165) is 12.1 Å². The number of nitrogens with one attached hydrogen (secondary N) is 1. The molecule has 0 amide bonds. The summed E-state index contributed by atoms with van der Waals surface area (Å²) in [6, 6.07) is 12.3. The van der Waals surface area contributed by atoms with Gasteiger partial charge in [-0.25, -0.2) is 0 Å². The highest BCUT2D eigenvalue weighted by Gasteiger charge is 2.15. The number of benzene rings is 1. The number of para-hydroxylation sites is 1. The predicted molar refractivity (Wildman–Crippen MR) is 89.6 cm³/mol. The highest BCUT2D eigenvalue weighted by Crippen LogP contribution is 2.29. The van der Waals surface area contributed by atoms with Gasteiger partial charge in [-0.3, -0.25) is 0 Å². The normalized spacial score (nSPS) is 12.3. The van der Waals surface area contributed by atoms with E-state index in [0.29, 0.717) is 5.95 Å². The molecule has 1 unspecified atom stereocenters. The molecule has 0 fully saturated rings. The molecular formula is C16H19N5S. The Hall–Kier alpha value is -2.21. The maximum absolute atomic E-state index is 4.10. The fourth-order valence-electron chi connectivity index (χ4n) is 2.40. The van der Waals surface area contributed by atoms with Gasteiger partial charge >= 0.3 is 0 Å². The Morgan fingerprint density at radius 3 is 2.73 bits per heavy atom. The lowest BCUT2D eigenvalue weighted by Gasteiger charge is -2.12. The molecule has 1 aromatic carbocycles. The highest BCUT2D eigenvalue weighted by atomic mass is 32.1. The monoisotopic (exact) mass is 313 g/mol. The molecule has 22 heavy (non-hydrogen) atoms. The van der Waals surface area contributed by atoms with Crippen LogP contribution in [0.1, 0.15) is 35.2 Å². The van der Waals surface area contributed by atoms with Crippen LogP contribution in [0, 0.1) is 6.92 Å². The zero-order valence-electron chi connectivity index (χ0n) is 12.9. The SMILES string of the molecule is CCc1sc(C(C)Nc2nnnn2-c2ccccc2)cc1C. The standard InChI is InChI=1S/C16H19N5S/c1-4-14-11(2)10-15(22-14)12(3)17-16-18-19-20-21(16)13-8-6-5-7-9-13/h5-10,12H,4H2,1-3H3,(H,17,18,20). The Balaban J connectivity index is 1.83. The maximum atomic E-state index is 4.10. The van der Waals surface area contributed by atoms with Crippen molar-refractivity contribution in [2.24, 2.45) is 0 Å². The molecule has 0 saturated carbocycles. The topological polar surface area (TPSA) is 55.6 Å². The van der Waals surface area contributed by atoms with Gasteiger partial charge in [0.15, 0.2) is 0 Å². The Morgan fingerprint density at radius 2 is 2.05 bits per heavy atom. The van der Waals surface area contributed by atoms with Gasteiger partial charge in [0.1, 0.15) is 0 Å². The second-order valence-electron chi connectivity index (χ2n) is 5.22. The number of hydrogen-bond donors (Lipinski definition) is 1. The van der Waals surface area contributed by atoms with Crippen molar-refractivity contribution in [3.63, 3.8) is 0 Å². The lowest BCUT2D eigenvalue weighted by atomic mass is 10.2. The molecule has 2 aromatic heterocycles. The second-order valence-corrected chi connectivity index (χ2v) is 6.39. The molecule has 0 aliphatic carbocycles. The van der Waals surface area contributed by atoms with E-state index in [1.54, 1.807) is 4.68 Å². The summed E-state index contributed by atoms with van der Waals surface area (Å²) in [6.45, 7) is 6.49. The predicted octanol–water partition coefficient (Wildman–Crippen LogP) is 3.77. The highest BCUT2D eigenvalue weighted by molar-refractivity contribution is 7.12. The number of hydrogen-bond acceptors (Lipinski definition) is 5. The van der Waals surface area contributed by atoms with Crippen LogP contribution in [0.3, 0.4) is 0 Å². The minimum absolute atomic E-state index is 0.164. The van der Waals surface area contributed by atoms with Crippen molar-refractivity contribution in [1.29, 1.82) is 0 Å². The average molecular weight is 313 g/mol. The Labute approximate surface area is 134 Å². The lowest BCUT2D eigenvalue weighted by Crippen LogP contribution is -2.10. The molecule has 1 atom stereocenters. The molecule has 0 aliphatic heterocycles. The third-order valence-corrected chi connectivity index (χ3v) is 5.17. The first-order valence-electron chi connectivity index (χ1n) is 7.38. The summed E-state index contributed by atoms with van der Waals surface area (Å²) < 4.78 is 1.72. The number of aromatic nitrogens is 4. The minimum Gasteiger partial charge on any atom is -0.345 e. The van der Waals surface area contributed by atoms with Crippen molar-refractivity contribution < 1.29 is 0 Å². The Bertz CT molecular complexity index is 747. The largest absolute Gasteiger partial charge is 0.345 e. The van der Waals surface area contributed by atoms with E-state index in [2.05, 4.69) is 47.7 Å². The maximum Gasteiger partial charge on any atom is 0.248 e. The van der Waals surface area contributed by atoms with Gasteiger partial charge in [0, 0.05) is 9.75 Å². The third-order valence-electron chi connectivity index (χ3n) is 3.60. The molecule has 0 aliphatic rings. The Kier molecular flexibility index (Phi) is 4.20. The van der Waals surface area contributed by atoms with Gasteiger partial charge in [-0.2, -0.15) is 4.68 Å². The molecule has 3 rings (SSSR count). The van der Waals surface area contributed by atoms with E-state index in [4.69, 9.17) is 0 Å². The summed E-state index contributed by atoms with van der Waals surface area (Å²) >= 11 is 1.85. The number of tetrazole rings is 1. The zero-order valence-corrected chi connectivity index (χ0v) is 13.8. The molecule has 3 aromatic rings. The molecule has 0 spiro atoms. The van der Waals surface area contributed by atoms with Gasteiger partial charge in [-0.05, 0) is 54.5 Å². The Morgan fingerprint density at radius 1 is 1.27 bits per heavy atom. The molecule has 5 nitrogen and oxygen atoms in total. The summed E-state index contributed by atoms with van der Waals surface area (Å²) in [6.07, 6.45) is 1.07. The van der Waals surface area contributed by atoms with Crippen molar-refractivity contribution in [2.45, 2.75) is 33.2 Å². The van der Waals surface area contributed by atoms with Gasteiger partial charge in [0.2, 0.25) is 5.95 Å². The van der Waals surface area contributed by atoms with Gasteiger partial charge in [0.25, 0.3) is 0 Å². The van der Waals surface area contributed by atoms with Crippen LogP contribution in [-0.4, -0.2) is 20.2 Å². The first-order valence-corrected chi connectivity index (χ1v) is 8.20. The van der Waals surface area contributed by atoms with Crippen LogP contribution in [0.4, 0.5) is 5.95 Å². The fourth-order valence-corrected chi connectivity index (χ4v) is 3.52. The smallest absolute Gasteiger partial charge is 0.248 e. The van der Waals surface area contributed by atoms with Crippen LogP contribution in [-0.2, 0) is 6.42 Å². The van der Waals surface area contributed by atoms with Crippen molar-refractivity contribution in [3.8, 4) is 5.69 Å². The van der Waals surface area contributed by atoms with Crippen LogP contribution >= 0.6 is 11.3 Å². The zero-order chi connectivity index (χ0) is 15.5. The van der Waals surface area contributed by atoms with Crippen LogP contribution in [0.15, 0.2) is 36.4 Å². The summed E-state index contributed by atoms with van der Waals surface area (Å²) in [5, 5.41) is 15.4. The fraction of sp³-hybridized carbons (Fsp3) is 0.312. The van der Waals surface area contributed by atoms with E-state index in [-0.39, 0.29) is 6.04 Å². The summed E-state index contributed by atoms with van der Waals surface area (Å²) in [4.78, 5) is 2.74. The number of anilines is 1. The van der Waals surface area contributed by atoms with Crippen molar-refractivity contribution in [1.82, 2.24) is 20.2 Å². The molecule has 1 N–H and O–H groups in total. The van der Waals surface area contributed by atoms with Crippen molar-refractivity contribution in [2.75, 3.05) is 5.32 Å². The summed E-state index contributed by atoms with van der Waals surface area (Å²) in [5.41, 5.74) is 2.30. The molecule has 114 valence electrons. The molecule has 0 saturated heterocycles. The first kappa shape index (κ1) is 14.7. The quantitative estimate of drug-likeness (QED) is 0.779. The minimum atomic E-state index is 0.164. The molecule has 6 heteroatoms. The summed E-state index contributed by atoms with van der Waals surface area (Å²) in [7, 11) is 0. The lowest BCUT2D eigenvalue weighted by molar-refractivity contribution is 0.782. The van der Waals surface area contributed by atoms with E-state index < -0.39 is 0 Å². The number of thiophene rings is 1. The number of rotatable bonds is 5. The van der Waals surface area contributed by atoms with Crippen LogP contribution < -0.4 is 5.32 Å². The third kappa shape index (κ3) is 2.87. The van der Waals surface area contributed by atoms with E-state index in [9.17, 15) is 0 Å². The van der Waals surface area contributed by atoms with Gasteiger partial charge in [0.05, 0.1) is 11.7 Å². The first-order chi connectivity index (χ1) is 10.7. The van der Waals surface area contributed by atoms with E-state index in [1.807, 2.05) is 41.7 Å². The average Bonchev–Trinajstić information content (AvgIpc) is 3.14. The van der Waals surface area contributed by atoms with E-state index in [1.165, 1.54) is 15.3 Å². The van der Waals surface area contributed by atoms with Crippen molar-refractivity contribution in [3.05, 3.63) is 51.7 Å². The molecular weight excluding hydrogens is 294 g/mol. The molecule has 0 bridgehead atoms. The van der Waals surface area contributed by atoms with Gasteiger partial charge < -0.3 is 5.32 Å². The van der Waals surface area contributed by atoms with E-state index >= 15 is 0 Å². The van der Waals surface area contributed by atoms with Crippen LogP contribution in [0.25, 0.3) is 5.69 Å². The molecule has 0 radical (unpaired) electrons. The van der Waals surface area contributed by atoms with Crippen LogP contribution in [0.2, 0.25) is 0 Å². The number of aryl methyl sites for hydroxylation is 2. The summed E-state index contributed by atoms with van der Waals surface area (Å²) in [5.74, 6) is 0.655. The second kappa shape index (κ2) is 6.27. The van der Waals surface area contributed by atoms with Crippen molar-refractivity contribution >= 4 is 17.3 Å². The van der Waals surface area contributed by atoms with Crippen LogP contribution in [0.5, 0.6) is 0 Å². The van der Waals surface area contributed by atoms with Gasteiger partial charge in [-0.1, -0.05) is 30.2 Å².